The molecule has 0 unspecified atom stereocenters. The van der Waals surface area contributed by atoms with Crippen molar-refractivity contribution in [3.8, 4) is 0 Å². The molecule has 0 spiro atoms. The van der Waals surface area contributed by atoms with Crippen molar-refractivity contribution in [2.75, 3.05) is 37.3 Å². The average Bonchev–Trinajstić information content (AvgIpc) is 3.00. The highest BCUT2D eigenvalue weighted by molar-refractivity contribution is 7.89. The van der Waals surface area contributed by atoms with Gasteiger partial charge in [0.2, 0.25) is 10.0 Å². The van der Waals surface area contributed by atoms with E-state index in [2.05, 4.69) is 14.9 Å². The van der Waals surface area contributed by atoms with Crippen LogP contribution < -0.4 is 14.9 Å². The Morgan fingerprint density at radius 2 is 2.00 bits per heavy atom. The largest absolute Gasteiger partial charge is 0.370 e. The molecule has 0 radical (unpaired) electrons. The zero-order valence-electron chi connectivity index (χ0n) is 12.4. The topological polar surface area (TPSA) is 78.5 Å². The van der Waals surface area contributed by atoms with Gasteiger partial charge in [-0.3, -0.25) is 4.79 Å². The number of halogens is 1. The maximum atomic E-state index is 12.0. The molecular weight excluding hydrogens is 326 g/mol. The maximum absolute atomic E-state index is 12.0. The van der Waals surface area contributed by atoms with Crippen molar-refractivity contribution < 1.29 is 13.2 Å². The normalized spacial score (nSPS) is 15.1. The van der Waals surface area contributed by atoms with Gasteiger partial charge in [0.25, 0.3) is 5.91 Å². The highest BCUT2D eigenvalue weighted by Crippen LogP contribution is 2.29. The minimum Gasteiger partial charge on any atom is -0.370 e. The summed E-state index contributed by atoms with van der Waals surface area (Å²) in [5.74, 6) is -0.490. The molecule has 122 valence electrons. The van der Waals surface area contributed by atoms with Gasteiger partial charge in [0, 0.05) is 25.2 Å². The molecule has 1 fully saturated rings. The van der Waals surface area contributed by atoms with Crippen molar-refractivity contribution >= 4 is 33.2 Å². The van der Waals surface area contributed by atoms with Gasteiger partial charge in [-0.25, -0.2) is 13.1 Å². The van der Waals surface area contributed by atoms with E-state index in [-0.39, 0.29) is 18.2 Å². The molecule has 2 N–H and O–H groups in total. The van der Waals surface area contributed by atoms with E-state index in [1.807, 2.05) is 6.07 Å². The standard InChI is InChI=1S/C14H20ClN3O3S/c1-16-22(20,21)9-6-17-14(19)11-4-5-13(12(15)10-11)18-7-2-3-8-18/h4-5,10,16H,2-3,6-9H2,1H3,(H,17,19). The van der Waals surface area contributed by atoms with Gasteiger partial charge >= 0.3 is 0 Å². The van der Waals surface area contributed by atoms with E-state index in [1.165, 1.54) is 7.05 Å². The van der Waals surface area contributed by atoms with E-state index in [0.29, 0.717) is 10.6 Å². The van der Waals surface area contributed by atoms with Gasteiger partial charge in [-0.15, -0.1) is 0 Å². The van der Waals surface area contributed by atoms with Crippen LogP contribution in [0.4, 0.5) is 5.69 Å². The Kier molecular flexibility index (Phi) is 5.66. The zero-order valence-corrected chi connectivity index (χ0v) is 14.0. The summed E-state index contributed by atoms with van der Waals surface area (Å²) in [6.07, 6.45) is 2.30. The van der Waals surface area contributed by atoms with Crippen LogP contribution >= 0.6 is 11.6 Å². The fourth-order valence-electron chi connectivity index (χ4n) is 2.37. The lowest BCUT2D eigenvalue weighted by molar-refractivity contribution is 0.0956. The van der Waals surface area contributed by atoms with Crippen LogP contribution in [0.25, 0.3) is 0 Å². The third-order valence-corrected chi connectivity index (χ3v) is 5.29. The van der Waals surface area contributed by atoms with Gasteiger partial charge < -0.3 is 10.2 Å². The predicted molar refractivity (Wildman–Crippen MR) is 88.1 cm³/mol. The third kappa shape index (κ3) is 4.34. The van der Waals surface area contributed by atoms with Gasteiger partial charge in [-0.05, 0) is 38.1 Å². The van der Waals surface area contributed by atoms with Crippen molar-refractivity contribution in [2.45, 2.75) is 12.8 Å². The number of benzene rings is 1. The minimum absolute atomic E-state index is 0.0491. The van der Waals surface area contributed by atoms with Crippen LogP contribution in [-0.4, -0.2) is 46.8 Å². The second-order valence-corrected chi connectivity index (χ2v) is 7.59. The number of sulfonamides is 1. The van der Waals surface area contributed by atoms with Crippen molar-refractivity contribution in [1.29, 1.82) is 0 Å². The first-order valence-corrected chi connectivity index (χ1v) is 9.20. The van der Waals surface area contributed by atoms with E-state index in [9.17, 15) is 13.2 Å². The molecule has 0 aromatic heterocycles. The second kappa shape index (κ2) is 7.30. The van der Waals surface area contributed by atoms with Gasteiger partial charge in [0.1, 0.15) is 0 Å². The summed E-state index contributed by atoms with van der Waals surface area (Å²) in [5.41, 5.74) is 1.36. The summed E-state index contributed by atoms with van der Waals surface area (Å²) in [4.78, 5) is 14.2. The minimum atomic E-state index is -3.32. The molecule has 0 bridgehead atoms. The molecule has 6 nitrogen and oxygen atoms in total. The Balaban J connectivity index is 1.97. The van der Waals surface area contributed by atoms with Crippen LogP contribution in [0.15, 0.2) is 18.2 Å². The van der Waals surface area contributed by atoms with Gasteiger partial charge in [-0.1, -0.05) is 11.6 Å². The third-order valence-electron chi connectivity index (χ3n) is 3.62. The molecule has 8 heteroatoms. The van der Waals surface area contributed by atoms with Crippen molar-refractivity contribution in [3.63, 3.8) is 0 Å². The van der Waals surface area contributed by atoms with E-state index in [4.69, 9.17) is 11.6 Å². The number of nitrogens with zero attached hydrogens (tertiary/aromatic N) is 1. The summed E-state index contributed by atoms with van der Waals surface area (Å²) < 4.78 is 24.7. The zero-order chi connectivity index (χ0) is 16.2. The number of nitrogens with one attached hydrogen (secondary N) is 2. The molecular formula is C14H20ClN3O3S. The fourth-order valence-corrected chi connectivity index (χ4v) is 3.24. The Morgan fingerprint density at radius 3 is 2.59 bits per heavy atom. The van der Waals surface area contributed by atoms with Crippen LogP contribution in [-0.2, 0) is 10.0 Å². The van der Waals surface area contributed by atoms with E-state index in [0.717, 1.165) is 31.6 Å². The lowest BCUT2D eigenvalue weighted by Gasteiger charge is -2.19. The first-order valence-electron chi connectivity index (χ1n) is 7.17. The molecule has 2 rings (SSSR count). The second-order valence-electron chi connectivity index (χ2n) is 5.14. The van der Waals surface area contributed by atoms with E-state index in [1.54, 1.807) is 12.1 Å². The van der Waals surface area contributed by atoms with Gasteiger partial charge in [0.05, 0.1) is 16.5 Å². The smallest absolute Gasteiger partial charge is 0.251 e. The molecule has 0 atom stereocenters. The Labute approximate surface area is 135 Å². The van der Waals surface area contributed by atoms with Crippen LogP contribution in [0, 0.1) is 0 Å². The molecule has 1 aromatic carbocycles. The molecule has 1 amide bonds. The van der Waals surface area contributed by atoms with Crippen molar-refractivity contribution in [2.24, 2.45) is 0 Å². The lowest BCUT2D eigenvalue weighted by atomic mass is 10.2. The quantitative estimate of drug-likeness (QED) is 0.812. The highest BCUT2D eigenvalue weighted by Gasteiger charge is 2.17. The molecule has 0 aliphatic carbocycles. The first-order chi connectivity index (χ1) is 10.4. The summed E-state index contributed by atoms with van der Waals surface area (Å²) in [6, 6.07) is 5.17. The SMILES string of the molecule is CNS(=O)(=O)CCNC(=O)c1ccc(N2CCCC2)c(Cl)c1. The molecule has 1 aromatic rings. The fraction of sp³-hybridized carbons (Fsp3) is 0.500. The number of hydrogen-bond donors (Lipinski definition) is 2. The molecule has 1 heterocycles. The number of carbonyl (C=O) groups excluding carboxylic acids is 1. The Hall–Kier alpha value is -1.31. The summed E-state index contributed by atoms with van der Waals surface area (Å²) in [5, 5.41) is 3.11. The van der Waals surface area contributed by atoms with Crippen molar-refractivity contribution in [1.82, 2.24) is 10.0 Å². The number of rotatable bonds is 6. The average molecular weight is 346 g/mol. The summed E-state index contributed by atoms with van der Waals surface area (Å²) in [6.45, 7) is 2.01. The Morgan fingerprint density at radius 1 is 1.32 bits per heavy atom. The summed E-state index contributed by atoms with van der Waals surface area (Å²) >= 11 is 6.26. The molecule has 1 aliphatic heterocycles. The van der Waals surface area contributed by atoms with Gasteiger partial charge in [0.15, 0.2) is 0 Å². The predicted octanol–water partition coefficient (Wildman–Crippen LogP) is 1.22. The molecule has 0 saturated carbocycles. The molecule has 1 saturated heterocycles. The first kappa shape index (κ1) is 17.1. The number of anilines is 1. The lowest BCUT2D eigenvalue weighted by Crippen LogP contribution is -2.33. The van der Waals surface area contributed by atoms with Crippen molar-refractivity contribution in [3.05, 3.63) is 28.8 Å². The monoisotopic (exact) mass is 345 g/mol. The van der Waals surface area contributed by atoms with Crippen LogP contribution in [0.2, 0.25) is 5.02 Å². The van der Waals surface area contributed by atoms with Crippen LogP contribution in [0.3, 0.4) is 0 Å². The molecule has 1 aliphatic rings. The maximum Gasteiger partial charge on any atom is 0.251 e. The van der Waals surface area contributed by atoms with E-state index >= 15 is 0 Å². The van der Waals surface area contributed by atoms with E-state index < -0.39 is 10.0 Å². The Bertz CT molecular complexity index is 643. The number of amides is 1. The summed E-state index contributed by atoms with van der Waals surface area (Å²) in [7, 11) is -1.98. The molecule has 22 heavy (non-hydrogen) atoms. The highest BCUT2D eigenvalue weighted by atomic mass is 35.5. The van der Waals surface area contributed by atoms with Gasteiger partial charge in [-0.2, -0.15) is 0 Å². The number of hydrogen-bond acceptors (Lipinski definition) is 4. The van der Waals surface area contributed by atoms with Crippen LogP contribution in [0.1, 0.15) is 23.2 Å². The number of carbonyl (C=O) groups is 1. The van der Waals surface area contributed by atoms with Crippen LogP contribution in [0.5, 0.6) is 0 Å².